The third-order valence-corrected chi connectivity index (χ3v) is 3.93. The monoisotopic (exact) mass is 345 g/mol. The Labute approximate surface area is 131 Å². The summed E-state index contributed by atoms with van der Waals surface area (Å²) >= 11 is 3.56. The predicted molar refractivity (Wildman–Crippen MR) is 85.3 cm³/mol. The van der Waals surface area contributed by atoms with Gasteiger partial charge in [0.05, 0.1) is 11.4 Å². The Morgan fingerprint density at radius 2 is 1.71 bits per heavy atom. The lowest BCUT2D eigenvalue weighted by molar-refractivity contribution is 0.736. The summed E-state index contributed by atoms with van der Waals surface area (Å²) in [5.74, 6) is 2.55. The van der Waals surface area contributed by atoms with E-state index in [2.05, 4.69) is 31.1 Å². The van der Waals surface area contributed by atoms with E-state index >= 15 is 0 Å². The van der Waals surface area contributed by atoms with Gasteiger partial charge in [0.1, 0.15) is 11.6 Å². The van der Waals surface area contributed by atoms with E-state index in [-0.39, 0.29) is 0 Å². The molecule has 0 spiro atoms. The largest absolute Gasteiger partial charge is 0.217 e. The second-order valence-corrected chi connectivity index (χ2v) is 5.45. The van der Waals surface area contributed by atoms with E-state index in [9.17, 15) is 0 Å². The number of aryl methyl sites for hydroxylation is 3. The van der Waals surface area contributed by atoms with Crippen LogP contribution in [0.5, 0.6) is 0 Å². The molecule has 0 saturated carbocycles. The molecule has 3 rings (SSSR count). The minimum atomic E-state index is 0.722. The maximum absolute atomic E-state index is 4.68. The Hall–Kier alpha value is -1.95. The molecule has 0 atom stereocenters. The van der Waals surface area contributed by atoms with Crippen LogP contribution < -0.4 is 0 Å². The van der Waals surface area contributed by atoms with E-state index in [1.165, 1.54) is 0 Å². The van der Waals surface area contributed by atoms with Crippen LogP contribution >= 0.6 is 15.9 Å². The maximum atomic E-state index is 4.68. The van der Waals surface area contributed by atoms with Crippen LogP contribution in [0.25, 0.3) is 11.5 Å². The molecule has 1 aromatic carbocycles. The first-order valence-electron chi connectivity index (χ1n) is 6.72. The van der Waals surface area contributed by atoms with E-state index in [4.69, 9.17) is 0 Å². The SMILES string of the molecule is Cc1nc(C)n(-c2c(CBr)c(C)nn2-c2ccccc2)n1. The lowest BCUT2D eigenvalue weighted by Crippen LogP contribution is -2.10. The first kappa shape index (κ1) is 14.0. The number of hydrogen-bond acceptors (Lipinski definition) is 3. The molecule has 0 amide bonds. The van der Waals surface area contributed by atoms with Gasteiger partial charge in [-0.1, -0.05) is 34.1 Å². The van der Waals surface area contributed by atoms with E-state index in [0.717, 1.165) is 39.7 Å². The summed E-state index contributed by atoms with van der Waals surface area (Å²) in [4.78, 5) is 4.40. The fraction of sp³-hybridized carbons (Fsp3) is 0.267. The predicted octanol–water partition coefficient (Wildman–Crippen LogP) is 3.27. The van der Waals surface area contributed by atoms with Crippen molar-refractivity contribution in [3.05, 3.63) is 53.2 Å². The molecule has 3 aromatic rings. The zero-order chi connectivity index (χ0) is 15.0. The summed E-state index contributed by atoms with van der Waals surface area (Å²) in [6, 6.07) is 10.1. The lowest BCUT2D eigenvalue weighted by Gasteiger charge is -2.09. The second-order valence-electron chi connectivity index (χ2n) is 4.89. The van der Waals surface area contributed by atoms with Crippen molar-refractivity contribution in [3.8, 4) is 11.5 Å². The minimum absolute atomic E-state index is 0.722. The van der Waals surface area contributed by atoms with E-state index in [1.807, 2.05) is 60.5 Å². The van der Waals surface area contributed by atoms with Crippen molar-refractivity contribution in [1.82, 2.24) is 24.5 Å². The molecule has 6 heteroatoms. The molecular formula is C15H16BrN5. The molecule has 0 aliphatic rings. The van der Waals surface area contributed by atoms with Gasteiger partial charge in [0.15, 0.2) is 5.82 Å². The van der Waals surface area contributed by atoms with Crippen molar-refractivity contribution in [2.24, 2.45) is 0 Å². The average Bonchev–Trinajstić information content (AvgIpc) is 2.98. The molecule has 2 heterocycles. The molecule has 0 bridgehead atoms. The minimum Gasteiger partial charge on any atom is -0.217 e. The van der Waals surface area contributed by atoms with Crippen molar-refractivity contribution in [1.29, 1.82) is 0 Å². The van der Waals surface area contributed by atoms with Gasteiger partial charge >= 0.3 is 0 Å². The van der Waals surface area contributed by atoms with Crippen LogP contribution in [-0.2, 0) is 5.33 Å². The summed E-state index contributed by atoms with van der Waals surface area (Å²) < 4.78 is 3.78. The summed E-state index contributed by atoms with van der Waals surface area (Å²) in [7, 11) is 0. The van der Waals surface area contributed by atoms with Gasteiger partial charge in [0, 0.05) is 10.9 Å². The van der Waals surface area contributed by atoms with Crippen LogP contribution in [0.1, 0.15) is 22.9 Å². The summed E-state index contributed by atoms with van der Waals surface area (Å²) in [5.41, 5.74) is 3.11. The summed E-state index contributed by atoms with van der Waals surface area (Å²) in [6.07, 6.45) is 0. The second kappa shape index (κ2) is 5.44. The molecule has 5 nitrogen and oxygen atoms in total. The van der Waals surface area contributed by atoms with Crippen molar-refractivity contribution < 1.29 is 0 Å². The summed E-state index contributed by atoms with van der Waals surface area (Å²) in [6.45, 7) is 5.86. The summed E-state index contributed by atoms with van der Waals surface area (Å²) in [5, 5.41) is 9.91. The van der Waals surface area contributed by atoms with E-state index in [1.54, 1.807) is 0 Å². The highest BCUT2D eigenvalue weighted by Crippen LogP contribution is 2.25. The zero-order valence-corrected chi connectivity index (χ0v) is 13.8. The molecule has 0 aliphatic heterocycles. The molecule has 0 radical (unpaired) electrons. The van der Waals surface area contributed by atoms with E-state index in [0.29, 0.717) is 0 Å². The Kier molecular flexibility index (Phi) is 3.63. The van der Waals surface area contributed by atoms with Crippen LogP contribution in [0, 0.1) is 20.8 Å². The quantitative estimate of drug-likeness (QED) is 0.684. The number of benzene rings is 1. The molecule has 0 fully saturated rings. The van der Waals surface area contributed by atoms with Crippen molar-refractivity contribution in [2.45, 2.75) is 26.1 Å². The zero-order valence-electron chi connectivity index (χ0n) is 12.2. The van der Waals surface area contributed by atoms with Crippen molar-refractivity contribution in [3.63, 3.8) is 0 Å². The Balaban J connectivity index is 2.30. The fourth-order valence-electron chi connectivity index (χ4n) is 2.39. The first-order chi connectivity index (χ1) is 10.1. The average molecular weight is 346 g/mol. The molecule has 0 aliphatic carbocycles. The Bertz CT molecular complexity index is 773. The van der Waals surface area contributed by atoms with Gasteiger partial charge in [-0.2, -0.15) is 9.78 Å². The Morgan fingerprint density at radius 3 is 2.29 bits per heavy atom. The molecule has 108 valence electrons. The smallest absolute Gasteiger partial charge is 0.163 e. The van der Waals surface area contributed by atoms with Gasteiger partial charge in [0.25, 0.3) is 0 Å². The number of hydrogen-bond donors (Lipinski definition) is 0. The first-order valence-corrected chi connectivity index (χ1v) is 7.84. The van der Waals surface area contributed by atoms with Crippen LogP contribution in [-0.4, -0.2) is 24.5 Å². The third-order valence-electron chi connectivity index (χ3n) is 3.37. The van der Waals surface area contributed by atoms with Gasteiger partial charge in [-0.05, 0) is 32.9 Å². The highest BCUT2D eigenvalue weighted by Gasteiger charge is 2.20. The highest BCUT2D eigenvalue weighted by molar-refractivity contribution is 9.08. The third kappa shape index (κ3) is 2.40. The molecular weight excluding hydrogens is 330 g/mol. The maximum Gasteiger partial charge on any atom is 0.163 e. The van der Waals surface area contributed by atoms with Crippen molar-refractivity contribution in [2.75, 3.05) is 0 Å². The number of nitrogens with zero attached hydrogens (tertiary/aromatic N) is 5. The lowest BCUT2D eigenvalue weighted by atomic mass is 10.2. The van der Waals surface area contributed by atoms with Crippen LogP contribution in [0.15, 0.2) is 30.3 Å². The topological polar surface area (TPSA) is 48.5 Å². The van der Waals surface area contributed by atoms with Gasteiger partial charge in [0.2, 0.25) is 0 Å². The molecule has 2 aromatic heterocycles. The standard InChI is InChI=1S/C15H16BrN5/c1-10-14(9-16)15(20-12(3)17-11(2)19-20)21(18-10)13-7-5-4-6-8-13/h4-8H,9H2,1-3H3. The van der Waals surface area contributed by atoms with Crippen molar-refractivity contribution >= 4 is 15.9 Å². The molecule has 0 saturated heterocycles. The highest BCUT2D eigenvalue weighted by atomic mass is 79.9. The van der Waals surface area contributed by atoms with Crippen LogP contribution in [0.4, 0.5) is 0 Å². The van der Waals surface area contributed by atoms with Gasteiger partial charge in [-0.3, -0.25) is 0 Å². The number of halogens is 1. The number of alkyl halides is 1. The van der Waals surface area contributed by atoms with Gasteiger partial charge in [-0.15, -0.1) is 5.10 Å². The fourth-order valence-corrected chi connectivity index (χ4v) is 3.05. The van der Waals surface area contributed by atoms with Crippen LogP contribution in [0.3, 0.4) is 0 Å². The number of para-hydroxylation sites is 1. The van der Waals surface area contributed by atoms with Gasteiger partial charge in [-0.25, -0.2) is 9.67 Å². The van der Waals surface area contributed by atoms with Gasteiger partial charge < -0.3 is 0 Å². The molecule has 21 heavy (non-hydrogen) atoms. The normalized spacial score (nSPS) is 11.0. The Morgan fingerprint density at radius 1 is 1.00 bits per heavy atom. The number of aromatic nitrogens is 5. The van der Waals surface area contributed by atoms with E-state index < -0.39 is 0 Å². The number of rotatable bonds is 3. The van der Waals surface area contributed by atoms with Crippen LogP contribution in [0.2, 0.25) is 0 Å². The molecule has 0 unspecified atom stereocenters. The molecule has 0 N–H and O–H groups in total.